The summed E-state index contributed by atoms with van der Waals surface area (Å²) in [6, 6.07) is 0. The summed E-state index contributed by atoms with van der Waals surface area (Å²) < 4.78 is 6.68. The molecule has 1 aromatic heterocycles. The number of ether oxygens (including phenoxy) is 1. The van der Waals surface area contributed by atoms with Crippen LogP contribution in [0.2, 0.25) is 0 Å². The van der Waals surface area contributed by atoms with Crippen molar-refractivity contribution in [3.8, 4) is 5.88 Å². The molecule has 0 radical (unpaired) electrons. The molecule has 5 heteroatoms. The molecule has 1 saturated carbocycles. The molecule has 0 aliphatic heterocycles. The maximum atomic E-state index is 5.86. The largest absolute Gasteiger partial charge is 0.473 e. The minimum absolute atomic E-state index is 0.320. The summed E-state index contributed by atoms with van der Waals surface area (Å²) >= 11 is 3.41. The second-order valence-electron chi connectivity index (χ2n) is 3.90. The van der Waals surface area contributed by atoms with Crippen molar-refractivity contribution in [3.05, 3.63) is 10.7 Å². The van der Waals surface area contributed by atoms with Crippen molar-refractivity contribution in [2.24, 2.45) is 0 Å². The molecule has 1 aliphatic carbocycles. The molecular formula is C11H16BrN3O. The van der Waals surface area contributed by atoms with Crippen LogP contribution in [0.5, 0.6) is 5.88 Å². The van der Waals surface area contributed by atoms with E-state index in [-0.39, 0.29) is 0 Å². The van der Waals surface area contributed by atoms with Gasteiger partial charge >= 0.3 is 0 Å². The third kappa shape index (κ3) is 2.84. The highest BCUT2D eigenvalue weighted by atomic mass is 79.9. The summed E-state index contributed by atoms with van der Waals surface area (Å²) in [5, 5.41) is 3.08. The highest BCUT2D eigenvalue weighted by Gasteiger charge is 2.18. The third-order valence-electron chi connectivity index (χ3n) is 2.63. The highest BCUT2D eigenvalue weighted by molar-refractivity contribution is 9.10. The van der Waals surface area contributed by atoms with E-state index in [0.717, 1.165) is 23.9 Å². The van der Waals surface area contributed by atoms with Crippen molar-refractivity contribution in [2.75, 3.05) is 11.9 Å². The van der Waals surface area contributed by atoms with E-state index in [2.05, 4.69) is 31.2 Å². The van der Waals surface area contributed by atoms with E-state index in [1.54, 1.807) is 6.20 Å². The Balaban J connectivity index is 2.08. The fourth-order valence-electron chi connectivity index (χ4n) is 1.84. The highest BCUT2D eigenvalue weighted by Crippen LogP contribution is 2.28. The average Bonchev–Trinajstić information content (AvgIpc) is 2.76. The summed E-state index contributed by atoms with van der Waals surface area (Å²) in [6.07, 6.45) is 6.83. The molecule has 0 bridgehead atoms. The number of hydrogen-bond acceptors (Lipinski definition) is 4. The number of nitrogens with zero attached hydrogens (tertiary/aromatic N) is 2. The van der Waals surface area contributed by atoms with Crippen molar-refractivity contribution in [1.29, 1.82) is 0 Å². The molecule has 1 heterocycles. The lowest BCUT2D eigenvalue weighted by molar-refractivity contribution is 0.200. The molecule has 88 valence electrons. The lowest BCUT2D eigenvalue weighted by Gasteiger charge is -2.13. The number of anilines is 1. The topological polar surface area (TPSA) is 47.0 Å². The predicted molar refractivity (Wildman–Crippen MR) is 66.8 cm³/mol. The first-order valence-electron chi connectivity index (χ1n) is 5.72. The van der Waals surface area contributed by atoms with Gasteiger partial charge < -0.3 is 10.1 Å². The summed E-state index contributed by atoms with van der Waals surface area (Å²) in [7, 11) is 0. The van der Waals surface area contributed by atoms with Crippen molar-refractivity contribution < 1.29 is 4.74 Å². The first-order chi connectivity index (χ1) is 7.79. The molecule has 1 aromatic rings. The normalized spacial score (nSPS) is 16.4. The van der Waals surface area contributed by atoms with Crippen molar-refractivity contribution in [1.82, 2.24) is 9.97 Å². The van der Waals surface area contributed by atoms with Crippen LogP contribution in [-0.2, 0) is 0 Å². The van der Waals surface area contributed by atoms with Crippen LogP contribution in [0.4, 0.5) is 5.95 Å². The Bertz CT molecular complexity index is 353. The van der Waals surface area contributed by atoms with Crippen LogP contribution in [-0.4, -0.2) is 22.6 Å². The Hall–Kier alpha value is -0.840. The minimum Gasteiger partial charge on any atom is -0.473 e. The summed E-state index contributed by atoms with van der Waals surface area (Å²) in [5.74, 6) is 1.27. The van der Waals surface area contributed by atoms with Gasteiger partial charge in [0.2, 0.25) is 11.8 Å². The maximum Gasteiger partial charge on any atom is 0.233 e. The van der Waals surface area contributed by atoms with Gasteiger partial charge in [-0.05, 0) is 48.5 Å². The molecular weight excluding hydrogens is 270 g/mol. The van der Waals surface area contributed by atoms with Gasteiger partial charge in [-0.15, -0.1) is 0 Å². The molecule has 1 N–H and O–H groups in total. The van der Waals surface area contributed by atoms with Crippen LogP contribution < -0.4 is 10.1 Å². The van der Waals surface area contributed by atoms with Gasteiger partial charge in [0.05, 0.1) is 10.7 Å². The van der Waals surface area contributed by atoms with Gasteiger partial charge in [-0.3, -0.25) is 0 Å². The lowest BCUT2D eigenvalue weighted by Crippen LogP contribution is -2.13. The van der Waals surface area contributed by atoms with Crippen molar-refractivity contribution >= 4 is 21.9 Å². The zero-order valence-corrected chi connectivity index (χ0v) is 11.0. The quantitative estimate of drug-likeness (QED) is 0.924. The average molecular weight is 286 g/mol. The molecule has 0 atom stereocenters. The predicted octanol–water partition coefficient (Wildman–Crippen LogP) is 2.99. The lowest BCUT2D eigenvalue weighted by atomic mass is 10.3. The van der Waals surface area contributed by atoms with Crippen LogP contribution in [0.15, 0.2) is 10.7 Å². The molecule has 0 unspecified atom stereocenters. The molecule has 0 saturated heterocycles. The zero-order chi connectivity index (χ0) is 11.4. The van der Waals surface area contributed by atoms with Crippen LogP contribution in [0, 0.1) is 0 Å². The van der Waals surface area contributed by atoms with Gasteiger partial charge in [-0.2, -0.15) is 4.98 Å². The maximum absolute atomic E-state index is 5.86. The van der Waals surface area contributed by atoms with E-state index in [1.165, 1.54) is 12.8 Å². The Morgan fingerprint density at radius 2 is 2.25 bits per heavy atom. The number of aromatic nitrogens is 2. The summed E-state index contributed by atoms with van der Waals surface area (Å²) in [4.78, 5) is 8.49. The minimum atomic E-state index is 0.320. The van der Waals surface area contributed by atoms with E-state index in [0.29, 0.717) is 17.9 Å². The molecule has 16 heavy (non-hydrogen) atoms. The van der Waals surface area contributed by atoms with E-state index < -0.39 is 0 Å². The second kappa shape index (κ2) is 5.48. The van der Waals surface area contributed by atoms with Gasteiger partial charge in [0.25, 0.3) is 0 Å². The Morgan fingerprint density at radius 3 is 2.94 bits per heavy atom. The summed E-state index contributed by atoms with van der Waals surface area (Å²) in [5.41, 5.74) is 0. The van der Waals surface area contributed by atoms with Gasteiger partial charge in [0.15, 0.2) is 0 Å². The molecule has 2 rings (SSSR count). The Kier molecular flexibility index (Phi) is 3.98. The Morgan fingerprint density at radius 1 is 1.50 bits per heavy atom. The number of rotatable bonds is 4. The molecule has 1 fully saturated rings. The molecule has 0 amide bonds. The molecule has 1 aliphatic rings. The zero-order valence-electron chi connectivity index (χ0n) is 9.37. The van der Waals surface area contributed by atoms with Crippen molar-refractivity contribution in [3.63, 3.8) is 0 Å². The summed E-state index contributed by atoms with van der Waals surface area (Å²) in [6.45, 7) is 2.83. The fraction of sp³-hybridized carbons (Fsp3) is 0.636. The van der Waals surface area contributed by atoms with Gasteiger partial charge in [-0.1, -0.05) is 0 Å². The van der Waals surface area contributed by atoms with Crippen LogP contribution in [0.1, 0.15) is 32.6 Å². The van der Waals surface area contributed by atoms with Crippen LogP contribution >= 0.6 is 15.9 Å². The first-order valence-corrected chi connectivity index (χ1v) is 6.52. The van der Waals surface area contributed by atoms with E-state index in [9.17, 15) is 0 Å². The SMILES string of the molecule is CCNc1ncc(Br)c(OC2CCCC2)n1. The molecule has 4 nitrogen and oxygen atoms in total. The fourth-order valence-corrected chi connectivity index (χ4v) is 2.13. The second-order valence-corrected chi connectivity index (χ2v) is 4.76. The first kappa shape index (κ1) is 11.6. The molecule has 0 spiro atoms. The smallest absolute Gasteiger partial charge is 0.233 e. The van der Waals surface area contributed by atoms with Crippen LogP contribution in [0.3, 0.4) is 0 Å². The van der Waals surface area contributed by atoms with Gasteiger partial charge in [0.1, 0.15) is 6.10 Å². The molecule has 0 aromatic carbocycles. The monoisotopic (exact) mass is 285 g/mol. The van der Waals surface area contributed by atoms with Crippen molar-refractivity contribution in [2.45, 2.75) is 38.7 Å². The van der Waals surface area contributed by atoms with Gasteiger partial charge in [-0.25, -0.2) is 4.98 Å². The Labute approximate surface area is 104 Å². The van der Waals surface area contributed by atoms with E-state index in [1.807, 2.05) is 6.92 Å². The van der Waals surface area contributed by atoms with E-state index in [4.69, 9.17) is 4.74 Å². The number of halogens is 1. The number of nitrogens with one attached hydrogen (secondary N) is 1. The number of hydrogen-bond donors (Lipinski definition) is 1. The standard InChI is InChI=1S/C11H16BrN3O/c1-2-13-11-14-7-9(12)10(15-11)16-8-5-3-4-6-8/h7-8H,2-6H2,1H3,(H,13,14,15). The van der Waals surface area contributed by atoms with E-state index >= 15 is 0 Å². The van der Waals surface area contributed by atoms with Gasteiger partial charge in [0, 0.05) is 6.54 Å². The third-order valence-corrected chi connectivity index (χ3v) is 3.17. The van der Waals surface area contributed by atoms with Crippen LogP contribution in [0.25, 0.3) is 0 Å².